The van der Waals surface area contributed by atoms with Crippen molar-refractivity contribution in [2.75, 3.05) is 17.6 Å². The molecule has 0 bridgehead atoms. The number of amides is 1. The molecule has 0 aromatic heterocycles. The van der Waals surface area contributed by atoms with Crippen molar-refractivity contribution >= 4 is 45.0 Å². The molecule has 162 valence electrons. The summed E-state index contributed by atoms with van der Waals surface area (Å²) in [5.41, 5.74) is 1.63. The molecule has 8 heteroatoms. The van der Waals surface area contributed by atoms with Gasteiger partial charge in [0.1, 0.15) is 0 Å². The Bertz CT molecular complexity index is 1090. The summed E-state index contributed by atoms with van der Waals surface area (Å²) in [6.45, 7) is 0.316. The Morgan fingerprint density at radius 1 is 0.903 bits per heavy atom. The van der Waals surface area contributed by atoms with E-state index >= 15 is 0 Å². The molecular formula is C23H23ClN2O3S2. The second kappa shape index (κ2) is 11.3. The Morgan fingerprint density at radius 2 is 1.58 bits per heavy atom. The van der Waals surface area contributed by atoms with Crippen molar-refractivity contribution in [2.24, 2.45) is 0 Å². The minimum atomic E-state index is -3.60. The van der Waals surface area contributed by atoms with Crippen LogP contribution in [0.3, 0.4) is 0 Å². The van der Waals surface area contributed by atoms with Crippen LogP contribution in [-0.2, 0) is 21.2 Å². The number of carbonyl (C=O) groups is 1. The minimum absolute atomic E-state index is 0.127. The van der Waals surface area contributed by atoms with Gasteiger partial charge in [-0.15, -0.1) is 11.8 Å². The van der Waals surface area contributed by atoms with E-state index in [1.807, 2.05) is 54.6 Å². The molecule has 0 aliphatic carbocycles. The van der Waals surface area contributed by atoms with Gasteiger partial charge in [0.15, 0.2) is 0 Å². The van der Waals surface area contributed by atoms with E-state index in [1.165, 1.54) is 12.1 Å². The third-order valence-corrected chi connectivity index (χ3v) is 7.15. The highest BCUT2D eigenvalue weighted by atomic mass is 35.5. The number of hydrogen-bond donors (Lipinski definition) is 2. The fourth-order valence-electron chi connectivity index (χ4n) is 2.79. The van der Waals surface area contributed by atoms with E-state index in [9.17, 15) is 13.2 Å². The summed E-state index contributed by atoms with van der Waals surface area (Å²) in [4.78, 5) is 13.4. The first-order valence-corrected chi connectivity index (χ1v) is 12.6. The van der Waals surface area contributed by atoms with Crippen LogP contribution in [0.5, 0.6) is 0 Å². The van der Waals surface area contributed by atoms with Gasteiger partial charge in [0, 0.05) is 34.3 Å². The Labute approximate surface area is 192 Å². The molecule has 3 rings (SSSR count). The fourth-order valence-corrected chi connectivity index (χ4v) is 4.80. The van der Waals surface area contributed by atoms with Crippen LogP contribution < -0.4 is 10.0 Å². The highest BCUT2D eigenvalue weighted by Gasteiger charge is 2.13. The Hall–Kier alpha value is -2.32. The van der Waals surface area contributed by atoms with E-state index in [2.05, 4.69) is 10.0 Å². The Morgan fingerprint density at radius 3 is 2.26 bits per heavy atom. The second-order valence-corrected chi connectivity index (χ2v) is 10.1. The van der Waals surface area contributed by atoms with Gasteiger partial charge in [0.25, 0.3) is 0 Å². The number of hydrogen-bond acceptors (Lipinski definition) is 4. The van der Waals surface area contributed by atoms with Gasteiger partial charge >= 0.3 is 0 Å². The summed E-state index contributed by atoms with van der Waals surface area (Å²) in [5.74, 6) is 0.503. The quantitative estimate of drug-likeness (QED) is 0.406. The molecule has 0 radical (unpaired) electrons. The van der Waals surface area contributed by atoms with Gasteiger partial charge < -0.3 is 5.32 Å². The van der Waals surface area contributed by atoms with Gasteiger partial charge in [-0.1, -0.05) is 41.9 Å². The van der Waals surface area contributed by atoms with Crippen LogP contribution in [0.4, 0.5) is 5.69 Å². The second-order valence-electron chi connectivity index (χ2n) is 6.76. The number of sulfonamides is 1. The third-order valence-electron chi connectivity index (χ3n) is 4.41. The lowest BCUT2D eigenvalue weighted by atomic mass is 10.2. The third kappa shape index (κ3) is 7.70. The summed E-state index contributed by atoms with van der Waals surface area (Å²) in [6, 6.07) is 23.3. The monoisotopic (exact) mass is 474 g/mol. The SMILES string of the molecule is O=C(CCSc1ccc(Cl)cc1)Nc1ccc(S(=O)(=O)NCCc2ccccc2)cc1. The van der Waals surface area contributed by atoms with Gasteiger partial charge in [-0.3, -0.25) is 4.79 Å². The first kappa shape index (κ1) is 23.3. The molecule has 3 aromatic rings. The molecule has 0 heterocycles. The maximum atomic E-state index is 12.4. The van der Waals surface area contributed by atoms with E-state index in [4.69, 9.17) is 11.6 Å². The molecule has 31 heavy (non-hydrogen) atoms. The molecule has 3 aromatic carbocycles. The normalized spacial score (nSPS) is 11.3. The highest BCUT2D eigenvalue weighted by molar-refractivity contribution is 7.99. The van der Waals surface area contributed by atoms with Crippen LogP contribution >= 0.6 is 23.4 Å². The van der Waals surface area contributed by atoms with Crippen LogP contribution in [0.15, 0.2) is 88.7 Å². The lowest BCUT2D eigenvalue weighted by molar-refractivity contribution is -0.115. The van der Waals surface area contributed by atoms with Gasteiger partial charge in [-0.05, 0) is 60.5 Å². The highest BCUT2D eigenvalue weighted by Crippen LogP contribution is 2.21. The van der Waals surface area contributed by atoms with Crippen LogP contribution in [0, 0.1) is 0 Å². The molecule has 5 nitrogen and oxygen atoms in total. The van der Waals surface area contributed by atoms with E-state index < -0.39 is 10.0 Å². The molecule has 2 N–H and O–H groups in total. The number of nitrogens with one attached hydrogen (secondary N) is 2. The zero-order chi connectivity index (χ0) is 22.1. The number of carbonyl (C=O) groups excluding carboxylic acids is 1. The van der Waals surface area contributed by atoms with Crippen LogP contribution in [-0.4, -0.2) is 26.6 Å². The maximum Gasteiger partial charge on any atom is 0.240 e. The average molecular weight is 475 g/mol. The predicted octanol–water partition coefficient (Wildman–Crippen LogP) is 4.98. The largest absolute Gasteiger partial charge is 0.326 e. The molecule has 0 saturated heterocycles. The summed E-state index contributed by atoms with van der Waals surface area (Å²) >= 11 is 7.43. The molecule has 0 aliphatic rings. The Kier molecular flexibility index (Phi) is 8.54. The zero-order valence-corrected chi connectivity index (χ0v) is 19.1. The lowest BCUT2D eigenvalue weighted by Gasteiger charge is -2.09. The number of thioether (sulfide) groups is 1. The van der Waals surface area contributed by atoms with Crippen LogP contribution in [0.2, 0.25) is 5.02 Å². The molecular weight excluding hydrogens is 452 g/mol. The topological polar surface area (TPSA) is 75.3 Å². The first-order valence-electron chi connectivity index (χ1n) is 9.74. The van der Waals surface area contributed by atoms with Crippen molar-refractivity contribution in [1.29, 1.82) is 0 Å². The fraction of sp³-hybridized carbons (Fsp3) is 0.174. The summed E-state index contributed by atoms with van der Waals surface area (Å²) in [6.07, 6.45) is 0.955. The van der Waals surface area contributed by atoms with Gasteiger partial charge in [0.2, 0.25) is 15.9 Å². The molecule has 1 amide bonds. The van der Waals surface area contributed by atoms with Crippen molar-refractivity contribution in [3.8, 4) is 0 Å². The van der Waals surface area contributed by atoms with E-state index in [0.717, 1.165) is 10.5 Å². The van der Waals surface area contributed by atoms with Crippen molar-refractivity contribution in [2.45, 2.75) is 22.6 Å². The number of benzene rings is 3. The molecule has 0 unspecified atom stereocenters. The summed E-state index contributed by atoms with van der Waals surface area (Å²) in [5, 5.41) is 3.47. The molecule has 0 fully saturated rings. The molecule has 0 aliphatic heterocycles. The average Bonchev–Trinajstić information content (AvgIpc) is 2.76. The Balaban J connectivity index is 1.45. The van der Waals surface area contributed by atoms with Crippen molar-refractivity contribution in [3.63, 3.8) is 0 Å². The zero-order valence-electron chi connectivity index (χ0n) is 16.8. The lowest BCUT2D eigenvalue weighted by Crippen LogP contribution is -2.26. The van der Waals surface area contributed by atoms with Gasteiger partial charge in [-0.25, -0.2) is 13.1 Å². The minimum Gasteiger partial charge on any atom is -0.326 e. The van der Waals surface area contributed by atoms with E-state index in [1.54, 1.807) is 23.9 Å². The smallest absolute Gasteiger partial charge is 0.240 e. The maximum absolute atomic E-state index is 12.4. The van der Waals surface area contributed by atoms with Gasteiger partial charge in [-0.2, -0.15) is 0 Å². The standard InChI is InChI=1S/C23H23ClN2O3S2/c24-19-6-10-21(11-7-19)30-17-15-23(27)26-20-8-12-22(13-9-20)31(28,29)25-16-14-18-4-2-1-3-5-18/h1-13,25H,14-17H2,(H,26,27). The summed E-state index contributed by atoms with van der Waals surface area (Å²) < 4.78 is 27.5. The number of rotatable bonds is 10. The molecule has 0 saturated carbocycles. The predicted molar refractivity (Wildman–Crippen MR) is 127 cm³/mol. The first-order chi connectivity index (χ1) is 14.9. The molecule has 0 spiro atoms. The van der Waals surface area contributed by atoms with Crippen LogP contribution in [0.1, 0.15) is 12.0 Å². The van der Waals surface area contributed by atoms with Crippen molar-refractivity contribution in [1.82, 2.24) is 4.72 Å². The number of anilines is 1. The summed E-state index contributed by atoms with van der Waals surface area (Å²) in [7, 11) is -3.60. The number of halogens is 1. The van der Waals surface area contributed by atoms with Crippen molar-refractivity contribution in [3.05, 3.63) is 89.4 Å². The van der Waals surface area contributed by atoms with Gasteiger partial charge in [0.05, 0.1) is 4.90 Å². The van der Waals surface area contributed by atoms with E-state index in [0.29, 0.717) is 35.8 Å². The van der Waals surface area contributed by atoms with Crippen LogP contribution in [0.25, 0.3) is 0 Å². The molecule has 0 atom stereocenters. The van der Waals surface area contributed by atoms with Crippen molar-refractivity contribution < 1.29 is 13.2 Å². The van der Waals surface area contributed by atoms with E-state index in [-0.39, 0.29) is 10.8 Å².